The first kappa shape index (κ1) is 16.8. The van der Waals surface area contributed by atoms with Crippen LogP contribution in [0.2, 0.25) is 10.2 Å². The van der Waals surface area contributed by atoms with Crippen LogP contribution in [0, 0.1) is 0 Å². The number of aromatic nitrogens is 2. The van der Waals surface area contributed by atoms with E-state index in [0.29, 0.717) is 6.61 Å². The molecule has 4 nitrogen and oxygen atoms in total. The first-order valence-corrected chi connectivity index (χ1v) is 8.63. The number of halogens is 2. The van der Waals surface area contributed by atoms with Crippen molar-refractivity contribution in [2.75, 3.05) is 19.7 Å². The summed E-state index contributed by atoms with van der Waals surface area (Å²) in [5.74, 6) is 0. The van der Waals surface area contributed by atoms with E-state index in [9.17, 15) is 0 Å². The van der Waals surface area contributed by atoms with Gasteiger partial charge in [0.2, 0.25) is 0 Å². The van der Waals surface area contributed by atoms with Gasteiger partial charge in [0.25, 0.3) is 0 Å². The lowest BCUT2D eigenvalue weighted by atomic mass is 10.1. The molecule has 124 valence electrons. The van der Waals surface area contributed by atoms with Gasteiger partial charge in [-0.05, 0) is 24.1 Å². The van der Waals surface area contributed by atoms with Gasteiger partial charge in [0.05, 0.1) is 18.4 Å². The Hall–Kier alpha value is -1.07. The van der Waals surface area contributed by atoms with Crippen molar-refractivity contribution in [3.05, 3.63) is 51.3 Å². The third-order valence-corrected chi connectivity index (χ3v) is 4.99. The van der Waals surface area contributed by atoms with Gasteiger partial charge in [-0.15, -0.1) is 0 Å². The highest BCUT2D eigenvalue weighted by atomic mass is 35.5. The summed E-state index contributed by atoms with van der Waals surface area (Å²) in [5.41, 5.74) is 3.37. The maximum atomic E-state index is 6.41. The largest absolute Gasteiger partial charge is 0.371 e. The molecule has 3 rings (SSSR count). The highest BCUT2D eigenvalue weighted by Gasteiger charge is 2.24. The molecule has 1 fully saturated rings. The molecule has 0 spiro atoms. The molecule has 1 saturated heterocycles. The molecule has 1 atom stereocenters. The van der Waals surface area contributed by atoms with Crippen LogP contribution in [-0.4, -0.2) is 34.4 Å². The monoisotopic (exact) mass is 353 g/mol. The van der Waals surface area contributed by atoms with E-state index in [1.807, 2.05) is 31.3 Å². The van der Waals surface area contributed by atoms with Gasteiger partial charge in [-0.3, -0.25) is 9.58 Å². The van der Waals surface area contributed by atoms with E-state index in [2.05, 4.69) is 16.9 Å². The van der Waals surface area contributed by atoms with E-state index in [1.54, 1.807) is 4.68 Å². The molecule has 1 aliphatic heterocycles. The number of benzene rings is 1. The van der Waals surface area contributed by atoms with Crippen molar-refractivity contribution >= 4 is 23.2 Å². The average Bonchev–Trinajstić information content (AvgIpc) is 2.83. The fourth-order valence-electron chi connectivity index (χ4n) is 2.99. The number of rotatable bonds is 4. The molecule has 0 aliphatic carbocycles. The second-order valence-corrected chi connectivity index (χ2v) is 6.63. The zero-order chi connectivity index (χ0) is 16.4. The van der Waals surface area contributed by atoms with Gasteiger partial charge in [-0.2, -0.15) is 5.10 Å². The summed E-state index contributed by atoms with van der Waals surface area (Å²) in [5, 5.41) is 5.97. The van der Waals surface area contributed by atoms with Gasteiger partial charge >= 0.3 is 0 Å². The molecule has 1 aliphatic rings. The molecule has 0 amide bonds. The maximum Gasteiger partial charge on any atom is 0.131 e. The molecular weight excluding hydrogens is 333 g/mol. The van der Waals surface area contributed by atoms with Gasteiger partial charge in [0.15, 0.2) is 0 Å². The Morgan fingerprint density at radius 2 is 2.00 bits per heavy atom. The Morgan fingerprint density at radius 1 is 1.26 bits per heavy atom. The third-order valence-electron chi connectivity index (χ3n) is 4.26. The fourth-order valence-corrected chi connectivity index (χ4v) is 3.32. The molecule has 0 N–H and O–H groups in total. The summed E-state index contributed by atoms with van der Waals surface area (Å²) in [6.07, 6.45) is 0.961. The Morgan fingerprint density at radius 3 is 2.70 bits per heavy atom. The third kappa shape index (κ3) is 3.72. The summed E-state index contributed by atoms with van der Waals surface area (Å²) < 4.78 is 7.68. The summed E-state index contributed by atoms with van der Waals surface area (Å²) in [6, 6.07) is 7.88. The normalized spacial score (nSPS) is 19.2. The molecule has 0 bridgehead atoms. The number of ether oxygens (including phenoxy) is 1. The van der Waals surface area contributed by atoms with Crippen molar-refractivity contribution in [2.45, 2.75) is 26.0 Å². The SMILES string of the molecule is CCc1nn(C)c(Cl)c1CN1CCOC(c2ccc(Cl)cc2)C1. The number of morpholine rings is 1. The molecule has 6 heteroatoms. The Balaban J connectivity index is 1.73. The fraction of sp³-hybridized carbons (Fsp3) is 0.471. The molecule has 0 saturated carbocycles. The van der Waals surface area contributed by atoms with E-state index in [-0.39, 0.29) is 6.10 Å². The van der Waals surface area contributed by atoms with Crippen molar-refractivity contribution < 1.29 is 4.74 Å². The van der Waals surface area contributed by atoms with Crippen LogP contribution < -0.4 is 0 Å². The second kappa shape index (κ2) is 7.22. The molecule has 1 aromatic heterocycles. The van der Waals surface area contributed by atoms with Crippen molar-refractivity contribution in [3.63, 3.8) is 0 Å². The molecule has 2 heterocycles. The van der Waals surface area contributed by atoms with Crippen LogP contribution >= 0.6 is 23.2 Å². The van der Waals surface area contributed by atoms with Crippen LogP contribution in [0.3, 0.4) is 0 Å². The van der Waals surface area contributed by atoms with Gasteiger partial charge in [-0.1, -0.05) is 42.3 Å². The van der Waals surface area contributed by atoms with Gasteiger partial charge in [-0.25, -0.2) is 0 Å². The summed E-state index contributed by atoms with van der Waals surface area (Å²) in [4.78, 5) is 2.38. The van der Waals surface area contributed by atoms with Crippen LogP contribution in [-0.2, 0) is 24.8 Å². The van der Waals surface area contributed by atoms with Crippen molar-refractivity contribution in [2.24, 2.45) is 7.05 Å². The van der Waals surface area contributed by atoms with Crippen LogP contribution in [0.25, 0.3) is 0 Å². The summed E-state index contributed by atoms with van der Waals surface area (Å²) in [7, 11) is 1.89. The van der Waals surface area contributed by atoms with E-state index < -0.39 is 0 Å². The molecule has 0 radical (unpaired) electrons. The minimum Gasteiger partial charge on any atom is -0.371 e. The zero-order valence-corrected chi connectivity index (χ0v) is 14.9. The number of nitrogens with zero attached hydrogens (tertiary/aromatic N) is 3. The molecular formula is C17H21Cl2N3O. The first-order valence-electron chi connectivity index (χ1n) is 7.88. The second-order valence-electron chi connectivity index (χ2n) is 5.84. The average molecular weight is 354 g/mol. The van der Waals surface area contributed by atoms with Crippen LogP contribution in [0.1, 0.15) is 29.8 Å². The van der Waals surface area contributed by atoms with Crippen LogP contribution in [0.4, 0.5) is 0 Å². The van der Waals surface area contributed by atoms with E-state index in [1.165, 1.54) is 0 Å². The molecule has 1 unspecified atom stereocenters. The Labute approximate surface area is 146 Å². The van der Waals surface area contributed by atoms with Crippen molar-refractivity contribution in [1.82, 2.24) is 14.7 Å². The molecule has 1 aromatic carbocycles. The number of hydrogen-bond donors (Lipinski definition) is 0. The quantitative estimate of drug-likeness (QED) is 0.835. The van der Waals surface area contributed by atoms with Gasteiger partial charge in [0.1, 0.15) is 5.15 Å². The smallest absolute Gasteiger partial charge is 0.131 e. The predicted molar refractivity (Wildman–Crippen MR) is 93.0 cm³/mol. The topological polar surface area (TPSA) is 30.3 Å². The summed E-state index contributed by atoms with van der Waals surface area (Å²) >= 11 is 12.4. The molecule has 23 heavy (non-hydrogen) atoms. The Bertz CT molecular complexity index is 669. The summed E-state index contributed by atoms with van der Waals surface area (Å²) in [6.45, 7) is 5.38. The highest BCUT2D eigenvalue weighted by Crippen LogP contribution is 2.27. The van der Waals surface area contributed by atoms with Crippen molar-refractivity contribution in [3.8, 4) is 0 Å². The van der Waals surface area contributed by atoms with Crippen LogP contribution in [0.5, 0.6) is 0 Å². The number of aryl methyl sites for hydroxylation is 2. The van der Waals surface area contributed by atoms with Crippen LogP contribution in [0.15, 0.2) is 24.3 Å². The maximum absolute atomic E-state index is 6.41. The Kier molecular flexibility index (Phi) is 5.27. The lowest BCUT2D eigenvalue weighted by molar-refractivity contribution is -0.0329. The van der Waals surface area contributed by atoms with Gasteiger partial charge in [0, 0.05) is 37.3 Å². The first-order chi connectivity index (χ1) is 11.1. The minimum atomic E-state index is 0.0709. The standard InChI is InChI=1S/C17H21Cl2N3O/c1-3-15-14(17(19)21(2)20-15)10-22-8-9-23-16(11-22)12-4-6-13(18)7-5-12/h4-7,16H,3,8-11H2,1-2H3. The van der Waals surface area contributed by atoms with Crippen molar-refractivity contribution in [1.29, 1.82) is 0 Å². The van der Waals surface area contributed by atoms with E-state index in [0.717, 1.165) is 53.1 Å². The lowest BCUT2D eigenvalue weighted by Crippen LogP contribution is -2.38. The van der Waals surface area contributed by atoms with E-state index >= 15 is 0 Å². The zero-order valence-electron chi connectivity index (χ0n) is 13.4. The number of hydrogen-bond acceptors (Lipinski definition) is 3. The molecule has 2 aromatic rings. The predicted octanol–water partition coefficient (Wildman–Crippen LogP) is 3.86. The highest BCUT2D eigenvalue weighted by molar-refractivity contribution is 6.30. The van der Waals surface area contributed by atoms with E-state index in [4.69, 9.17) is 27.9 Å². The minimum absolute atomic E-state index is 0.0709. The lowest BCUT2D eigenvalue weighted by Gasteiger charge is -2.33. The van der Waals surface area contributed by atoms with Gasteiger partial charge < -0.3 is 4.74 Å².